The van der Waals surface area contributed by atoms with Gasteiger partial charge in [0.15, 0.2) is 0 Å². The van der Waals surface area contributed by atoms with Crippen molar-refractivity contribution in [1.82, 2.24) is 30.1 Å². The van der Waals surface area contributed by atoms with Gasteiger partial charge in [0.2, 0.25) is 11.8 Å². The van der Waals surface area contributed by atoms with E-state index in [9.17, 15) is 24.0 Å². The van der Waals surface area contributed by atoms with Crippen molar-refractivity contribution >= 4 is 35.4 Å². The fourth-order valence-corrected chi connectivity index (χ4v) is 5.28. The molecule has 1 unspecified atom stereocenters. The molecule has 15 heteroatoms. The Morgan fingerprint density at radius 2 is 1.90 bits per heavy atom. The first-order chi connectivity index (χ1) is 19.8. The molecule has 3 aliphatic rings. The molecule has 0 bridgehead atoms. The van der Waals surface area contributed by atoms with Crippen LogP contribution in [0.15, 0.2) is 24.4 Å². The summed E-state index contributed by atoms with van der Waals surface area (Å²) >= 11 is 0. The molecule has 41 heavy (non-hydrogen) atoms. The largest absolute Gasteiger partial charge is 0.446 e. The average Bonchev–Trinajstić information content (AvgIpc) is 3.49. The molecule has 0 spiro atoms. The number of aromatic nitrogens is 3. The number of amides is 5. The Hall–Kier alpha value is -4.37. The molecule has 0 aliphatic carbocycles. The van der Waals surface area contributed by atoms with Gasteiger partial charge in [0.25, 0.3) is 11.8 Å². The molecule has 1 aromatic carbocycles. The molecule has 2 aromatic rings. The lowest BCUT2D eigenvalue weighted by Crippen LogP contribution is -2.54. The van der Waals surface area contributed by atoms with E-state index < -0.39 is 35.8 Å². The highest BCUT2D eigenvalue weighted by molar-refractivity contribution is 6.25. The minimum atomic E-state index is -1.01. The van der Waals surface area contributed by atoms with E-state index in [1.165, 1.54) is 0 Å². The quantitative estimate of drug-likeness (QED) is 0.242. The fourth-order valence-electron chi connectivity index (χ4n) is 5.28. The van der Waals surface area contributed by atoms with E-state index >= 15 is 0 Å². The van der Waals surface area contributed by atoms with Gasteiger partial charge >= 0.3 is 6.09 Å². The minimum absolute atomic E-state index is 0.0660. The number of hydrogen-bond acceptors (Lipinski definition) is 11. The first-order valence-electron chi connectivity index (χ1n) is 13.5. The fraction of sp³-hybridized carbons (Fsp3) is 0.500. The van der Waals surface area contributed by atoms with Crippen LogP contribution in [-0.2, 0) is 32.2 Å². The smallest absolute Gasteiger partial charge is 0.404 e. The second-order valence-electron chi connectivity index (χ2n) is 10.1. The average molecular weight is 569 g/mol. The highest BCUT2D eigenvalue weighted by atomic mass is 16.6. The molecule has 2 saturated heterocycles. The predicted molar refractivity (Wildman–Crippen MR) is 141 cm³/mol. The number of hydrogen-bond donors (Lipinski definition) is 3. The lowest BCUT2D eigenvalue weighted by atomic mass is 10.0. The molecular formula is C26H32N8O7. The zero-order chi connectivity index (χ0) is 28.9. The molecule has 1 aromatic heterocycles. The Balaban J connectivity index is 1.04. The summed E-state index contributed by atoms with van der Waals surface area (Å²) < 4.78 is 12.5. The van der Waals surface area contributed by atoms with Crippen LogP contribution in [0.1, 0.15) is 52.1 Å². The number of carbonyl (C=O) groups is 5. The summed E-state index contributed by atoms with van der Waals surface area (Å²) in [6, 6.07) is 3.90. The maximum Gasteiger partial charge on any atom is 0.404 e. The first kappa shape index (κ1) is 28.2. The number of nitrogens with zero attached hydrogens (tertiary/aromatic N) is 5. The standard InChI is InChI=1S/C26H32N8O7/c27-26(39)41-17-6-9-32(10-7-17)14-16-15-33(31-30-16)11-13-40-12-8-28-19-3-1-2-18-22(19)25(38)34(24(18)37)20-4-5-21(35)29-23(20)36/h1-3,15,17,20,28H,4-14H2,(H2,27,39)(H,29,35,36). The second-order valence-corrected chi connectivity index (χ2v) is 10.1. The molecular weight excluding hydrogens is 536 g/mol. The third-order valence-electron chi connectivity index (χ3n) is 7.28. The number of piperidine rings is 2. The van der Waals surface area contributed by atoms with Crippen molar-refractivity contribution in [3.8, 4) is 0 Å². The minimum Gasteiger partial charge on any atom is -0.446 e. The SMILES string of the molecule is NC(=O)OC1CCN(Cc2cn(CCOCCNc3cccc4c3C(=O)N(C3CCC(=O)NC3=O)C4=O)nn2)CC1. The maximum atomic E-state index is 13.2. The van der Waals surface area contributed by atoms with E-state index in [4.69, 9.17) is 15.2 Å². The zero-order valence-corrected chi connectivity index (χ0v) is 22.4. The monoisotopic (exact) mass is 568 g/mol. The molecule has 5 amide bonds. The number of imide groups is 2. The number of carbonyl (C=O) groups excluding carboxylic acids is 5. The molecule has 15 nitrogen and oxygen atoms in total. The van der Waals surface area contributed by atoms with Gasteiger partial charge in [-0.1, -0.05) is 11.3 Å². The highest BCUT2D eigenvalue weighted by Gasteiger charge is 2.45. The molecule has 0 saturated carbocycles. The number of benzene rings is 1. The number of fused-ring (bicyclic) bond motifs is 1. The Morgan fingerprint density at radius 3 is 2.66 bits per heavy atom. The number of primary amides is 1. The number of anilines is 1. The van der Waals surface area contributed by atoms with Crippen molar-refractivity contribution in [3.63, 3.8) is 0 Å². The van der Waals surface area contributed by atoms with Crippen LogP contribution in [0.3, 0.4) is 0 Å². The van der Waals surface area contributed by atoms with E-state index in [-0.39, 0.29) is 30.1 Å². The summed E-state index contributed by atoms with van der Waals surface area (Å²) in [5.41, 5.74) is 6.83. The molecule has 218 valence electrons. The van der Waals surface area contributed by atoms with E-state index in [0.717, 1.165) is 36.5 Å². The lowest BCUT2D eigenvalue weighted by Gasteiger charge is -2.30. The zero-order valence-electron chi connectivity index (χ0n) is 22.4. The van der Waals surface area contributed by atoms with Gasteiger partial charge in [0.1, 0.15) is 12.1 Å². The predicted octanol–water partition coefficient (Wildman–Crippen LogP) is -0.132. The first-order valence-corrected chi connectivity index (χ1v) is 13.5. The summed E-state index contributed by atoms with van der Waals surface area (Å²) in [5.74, 6) is -2.17. The van der Waals surface area contributed by atoms with Gasteiger partial charge in [-0.2, -0.15) is 0 Å². The van der Waals surface area contributed by atoms with Crippen molar-refractivity contribution in [2.75, 3.05) is 38.2 Å². The number of ether oxygens (including phenoxy) is 2. The topological polar surface area (TPSA) is 191 Å². The van der Waals surface area contributed by atoms with Crippen LogP contribution in [0.2, 0.25) is 0 Å². The maximum absolute atomic E-state index is 13.2. The Morgan fingerprint density at radius 1 is 1.10 bits per heavy atom. The number of likely N-dealkylation sites (tertiary alicyclic amines) is 1. The van der Waals surface area contributed by atoms with Gasteiger partial charge in [0, 0.05) is 44.5 Å². The third kappa shape index (κ3) is 6.52. The van der Waals surface area contributed by atoms with Crippen LogP contribution < -0.4 is 16.4 Å². The molecule has 2 fully saturated rings. The van der Waals surface area contributed by atoms with Crippen LogP contribution in [0.5, 0.6) is 0 Å². The van der Waals surface area contributed by atoms with Gasteiger partial charge in [-0.05, 0) is 31.4 Å². The van der Waals surface area contributed by atoms with E-state index in [1.54, 1.807) is 22.9 Å². The van der Waals surface area contributed by atoms with Crippen molar-refractivity contribution in [1.29, 1.82) is 0 Å². The molecule has 5 rings (SSSR count). The molecule has 4 heterocycles. The van der Waals surface area contributed by atoms with Crippen LogP contribution >= 0.6 is 0 Å². The van der Waals surface area contributed by atoms with Crippen molar-refractivity contribution in [3.05, 3.63) is 41.2 Å². The normalized spacial score (nSPS) is 19.8. The Bertz CT molecular complexity index is 1340. The van der Waals surface area contributed by atoms with Crippen LogP contribution in [0.4, 0.5) is 10.5 Å². The van der Waals surface area contributed by atoms with Gasteiger partial charge in [0.05, 0.1) is 36.6 Å². The van der Waals surface area contributed by atoms with Gasteiger partial charge in [-0.3, -0.25) is 34.3 Å². The summed E-state index contributed by atoms with van der Waals surface area (Å²) in [4.78, 5) is 63.9. The van der Waals surface area contributed by atoms with Crippen LogP contribution in [-0.4, -0.2) is 99.5 Å². The van der Waals surface area contributed by atoms with E-state index in [1.807, 2.05) is 6.20 Å². The second kappa shape index (κ2) is 12.4. The number of nitrogens with one attached hydrogen (secondary N) is 2. The number of rotatable bonds is 11. The van der Waals surface area contributed by atoms with Gasteiger partial charge in [-0.25, -0.2) is 9.48 Å². The molecule has 4 N–H and O–H groups in total. The summed E-state index contributed by atoms with van der Waals surface area (Å²) in [5, 5.41) is 13.7. The molecule has 0 radical (unpaired) electrons. The summed E-state index contributed by atoms with van der Waals surface area (Å²) in [7, 11) is 0. The highest BCUT2D eigenvalue weighted by Crippen LogP contribution is 2.32. The molecule has 1 atom stereocenters. The lowest BCUT2D eigenvalue weighted by molar-refractivity contribution is -0.136. The van der Waals surface area contributed by atoms with Crippen molar-refractivity contribution in [2.24, 2.45) is 5.73 Å². The summed E-state index contributed by atoms with van der Waals surface area (Å²) in [6.07, 6.45) is 2.63. The van der Waals surface area contributed by atoms with Crippen molar-refractivity contribution in [2.45, 2.75) is 50.9 Å². The Labute approximate surface area is 235 Å². The summed E-state index contributed by atoms with van der Waals surface area (Å²) in [6.45, 7) is 3.84. The van der Waals surface area contributed by atoms with Gasteiger partial charge < -0.3 is 20.5 Å². The van der Waals surface area contributed by atoms with Crippen LogP contribution in [0, 0.1) is 0 Å². The van der Waals surface area contributed by atoms with E-state index in [0.29, 0.717) is 38.5 Å². The van der Waals surface area contributed by atoms with Gasteiger partial charge in [-0.15, -0.1) is 5.10 Å². The molecule has 3 aliphatic heterocycles. The van der Waals surface area contributed by atoms with Crippen molar-refractivity contribution < 1.29 is 33.4 Å². The number of nitrogens with two attached hydrogens (primary N) is 1. The third-order valence-corrected chi connectivity index (χ3v) is 7.28. The van der Waals surface area contributed by atoms with E-state index in [2.05, 4.69) is 25.8 Å². The van der Waals surface area contributed by atoms with Crippen LogP contribution in [0.25, 0.3) is 0 Å². The Kier molecular flexibility index (Phi) is 8.54.